The Hall–Kier alpha value is -3.35. The van der Waals surface area contributed by atoms with Gasteiger partial charge in [0.1, 0.15) is 17.3 Å². The predicted molar refractivity (Wildman–Crippen MR) is 123 cm³/mol. The van der Waals surface area contributed by atoms with E-state index in [0.717, 1.165) is 30.8 Å². The number of hydrogen-bond donors (Lipinski definition) is 2. The van der Waals surface area contributed by atoms with Crippen LogP contribution in [0.25, 0.3) is 11.1 Å². The highest BCUT2D eigenvalue weighted by molar-refractivity contribution is 5.76. The molecule has 31 heavy (non-hydrogen) atoms. The van der Waals surface area contributed by atoms with Crippen molar-refractivity contribution in [1.82, 2.24) is 4.57 Å². The van der Waals surface area contributed by atoms with Gasteiger partial charge < -0.3 is 19.9 Å². The Morgan fingerprint density at radius 3 is 2.39 bits per heavy atom. The molecule has 0 atom stereocenters. The van der Waals surface area contributed by atoms with Gasteiger partial charge in [0.15, 0.2) is 11.6 Å². The number of hydrogen-bond acceptors (Lipinski definition) is 4. The highest BCUT2D eigenvalue weighted by Crippen LogP contribution is 2.36. The van der Waals surface area contributed by atoms with Gasteiger partial charge in [-0.2, -0.15) is 0 Å². The molecule has 7 heteroatoms. The SMILES string of the molecule is CC.CCCNc1ccc(Oc2ccc(F)cc2F)c(-c2cc(NC)c(=O)n(C)c2)c1. The van der Waals surface area contributed by atoms with Crippen molar-refractivity contribution in [2.24, 2.45) is 7.05 Å². The highest BCUT2D eigenvalue weighted by atomic mass is 19.1. The van der Waals surface area contributed by atoms with Crippen molar-refractivity contribution in [2.45, 2.75) is 27.2 Å². The maximum atomic E-state index is 14.1. The number of rotatable bonds is 7. The van der Waals surface area contributed by atoms with Crippen molar-refractivity contribution < 1.29 is 13.5 Å². The monoisotopic (exact) mass is 429 g/mol. The molecule has 0 spiro atoms. The minimum atomic E-state index is -0.791. The number of halogens is 2. The second kappa shape index (κ2) is 11.2. The van der Waals surface area contributed by atoms with Gasteiger partial charge in [-0.1, -0.05) is 20.8 Å². The maximum Gasteiger partial charge on any atom is 0.273 e. The van der Waals surface area contributed by atoms with Gasteiger partial charge in [-0.25, -0.2) is 8.78 Å². The first-order valence-corrected chi connectivity index (χ1v) is 10.3. The summed E-state index contributed by atoms with van der Waals surface area (Å²) in [5, 5.41) is 6.19. The second-order valence-corrected chi connectivity index (χ2v) is 6.62. The quantitative estimate of drug-likeness (QED) is 0.483. The first kappa shape index (κ1) is 23.9. The van der Waals surface area contributed by atoms with E-state index in [0.29, 0.717) is 22.6 Å². The standard InChI is InChI=1S/C22H23F2N3O2.C2H6/c1-4-9-26-16-6-8-20(29-21-7-5-15(23)11-18(21)24)17(12-16)14-10-19(25-2)22(28)27(3)13-14;1-2/h5-8,10-13,25-26H,4,9H2,1-3H3;1-2H3. The van der Waals surface area contributed by atoms with E-state index in [-0.39, 0.29) is 11.3 Å². The van der Waals surface area contributed by atoms with Crippen LogP contribution in [0.5, 0.6) is 11.5 Å². The van der Waals surface area contributed by atoms with E-state index in [1.54, 1.807) is 32.4 Å². The molecular weight excluding hydrogens is 400 g/mol. The van der Waals surface area contributed by atoms with Crippen LogP contribution >= 0.6 is 0 Å². The zero-order valence-electron chi connectivity index (χ0n) is 18.6. The molecule has 0 radical (unpaired) electrons. The topological polar surface area (TPSA) is 55.3 Å². The summed E-state index contributed by atoms with van der Waals surface area (Å²) in [5.74, 6) is -1.16. The number of ether oxygens (including phenoxy) is 1. The van der Waals surface area contributed by atoms with E-state index in [1.165, 1.54) is 10.6 Å². The summed E-state index contributed by atoms with van der Waals surface area (Å²) < 4.78 is 34.6. The molecule has 0 bridgehead atoms. The van der Waals surface area contributed by atoms with E-state index in [2.05, 4.69) is 17.6 Å². The summed E-state index contributed by atoms with van der Waals surface area (Å²) >= 11 is 0. The van der Waals surface area contributed by atoms with Crippen LogP contribution in [0, 0.1) is 11.6 Å². The van der Waals surface area contributed by atoms with E-state index >= 15 is 0 Å². The first-order valence-electron chi connectivity index (χ1n) is 10.3. The van der Waals surface area contributed by atoms with Gasteiger partial charge in [0.05, 0.1) is 0 Å². The molecule has 1 heterocycles. The lowest BCUT2D eigenvalue weighted by atomic mass is 10.0. The van der Waals surface area contributed by atoms with Crippen molar-refractivity contribution in [2.75, 3.05) is 24.2 Å². The van der Waals surface area contributed by atoms with Crippen molar-refractivity contribution >= 4 is 11.4 Å². The molecule has 3 rings (SSSR count). The van der Waals surface area contributed by atoms with Crippen LogP contribution in [-0.2, 0) is 7.05 Å². The van der Waals surface area contributed by atoms with Crippen LogP contribution in [0.1, 0.15) is 27.2 Å². The van der Waals surface area contributed by atoms with Crippen LogP contribution in [0.4, 0.5) is 20.2 Å². The third-order valence-corrected chi connectivity index (χ3v) is 4.44. The Morgan fingerprint density at radius 2 is 1.74 bits per heavy atom. The molecule has 0 aliphatic rings. The molecule has 3 aromatic rings. The molecule has 0 unspecified atom stereocenters. The van der Waals surface area contributed by atoms with Gasteiger partial charge in [0.2, 0.25) is 0 Å². The fourth-order valence-corrected chi connectivity index (χ4v) is 2.94. The van der Waals surface area contributed by atoms with Crippen molar-refractivity contribution in [3.05, 3.63) is 70.6 Å². The molecule has 1 aromatic heterocycles. The fourth-order valence-electron chi connectivity index (χ4n) is 2.94. The zero-order valence-corrected chi connectivity index (χ0v) is 18.6. The average molecular weight is 430 g/mol. The Balaban J connectivity index is 0.00000166. The molecule has 0 aliphatic carbocycles. The van der Waals surface area contributed by atoms with E-state index < -0.39 is 11.6 Å². The van der Waals surface area contributed by atoms with Crippen molar-refractivity contribution in [1.29, 1.82) is 0 Å². The number of benzene rings is 2. The molecule has 0 aliphatic heterocycles. The third kappa shape index (κ3) is 5.84. The average Bonchev–Trinajstić information content (AvgIpc) is 2.78. The largest absolute Gasteiger partial charge is 0.454 e. The zero-order chi connectivity index (χ0) is 23.0. The van der Waals surface area contributed by atoms with Crippen LogP contribution in [0.3, 0.4) is 0 Å². The van der Waals surface area contributed by atoms with Gasteiger partial charge in [0, 0.05) is 49.7 Å². The van der Waals surface area contributed by atoms with Gasteiger partial charge in [0.25, 0.3) is 5.56 Å². The molecule has 166 valence electrons. The number of nitrogens with one attached hydrogen (secondary N) is 2. The van der Waals surface area contributed by atoms with E-state index in [4.69, 9.17) is 4.74 Å². The molecule has 0 amide bonds. The summed E-state index contributed by atoms with van der Waals surface area (Å²) in [6, 6.07) is 10.3. The lowest BCUT2D eigenvalue weighted by Crippen LogP contribution is -2.19. The third-order valence-electron chi connectivity index (χ3n) is 4.44. The van der Waals surface area contributed by atoms with E-state index in [9.17, 15) is 13.6 Å². The summed E-state index contributed by atoms with van der Waals surface area (Å²) in [5.41, 5.74) is 2.52. The van der Waals surface area contributed by atoms with Gasteiger partial charge >= 0.3 is 0 Å². The van der Waals surface area contributed by atoms with Gasteiger partial charge in [-0.15, -0.1) is 0 Å². The van der Waals surface area contributed by atoms with Crippen LogP contribution < -0.4 is 20.9 Å². The van der Waals surface area contributed by atoms with E-state index in [1.807, 2.05) is 26.0 Å². The summed E-state index contributed by atoms with van der Waals surface area (Å²) in [7, 11) is 3.33. The molecular formula is C24H29F2N3O2. The van der Waals surface area contributed by atoms with Gasteiger partial charge in [-0.3, -0.25) is 4.79 Å². The molecule has 2 aromatic carbocycles. The highest BCUT2D eigenvalue weighted by Gasteiger charge is 2.14. The number of nitrogens with zero attached hydrogens (tertiary/aromatic N) is 1. The fraction of sp³-hybridized carbons (Fsp3) is 0.292. The lowest BCUT2D eigenvalue weighted by molar-refractivity contribution is 0.439. The normalized spacial score (nSPS) is 10.2. The Morgan fingerprint density at radius 1 is 1.03 bits per heavy atom. The lowest BCUT2D eigenvalue weighted by Gasteiger charge is -2.16. The van der Waals surface area contributed by atoms with Crippen LogP contribution in [0.2, 0.25) is 0 Å². The molecule has 0 fully saturated rings. The maximum absolute atomic E-state index is 14.1. The van der Waals surface area contributed by atoms with Crippen LogP contribution in [-0.4, -0.2) is 18.2 Å². The minimum absolute atomic E-state index is 0.0828. The second-order valence-electron chi connectivity index (χ2n) is 6.62. The van der Waals surface area contributed by atoms with Crippen molar-refractivity contribution in [3.63, 3.8) is 0 Å². The van der Waals surface area contributed by atoms with Crippen LogP contribution in [0.15, 0.2) is 53.5 Å². The summed E-state index contributed by atoms with van der Waals surface area (Å²) in [6.07, 6.45) is 2.65. The molecule has 0 saturated carbocycles. The molecule has 0 saturated heterocycles. The predicted octanol–water partition coefficient (Wildman–Crippen LogP) is 6.01. The smallest absolute Gasteiger partial charge is 0.273 e. The summed E-state index contributed by atoms with van der Waals surface area (Å²) in [6.45, 7) is 6.86. The number of aromatic nitrogens is 1. The summed E-state index contributed by atoms with van der Waals surface area (Å²) in [4.78, 5) is 12.2. The number of pyridine rings is 1. The number of aryl methyl sites for hydroxylation is 1. The van der Waals surface area contributed by atoms with Crippen molar-refractivity contribution in [3.8, 4) is 22.6 Å². The minimum Gasteiger partial charge on any atom is -0.454 e. The Kier molecular flexibility index (Phi) is 8.61. The Bertz CT molecular complexity index is 1080. The number of anilines is 2. The molecule has 2 N–H and O–H groups in total. The first-order chi connectivity index (χ1) is 14.9. The van der Waals surface area contributed by atoms with Gasteiger partial charge in [-0.05, 0) is 42.8 Å². The Labute approximate surface area is 181 Å². The molecule has 5 nitrogen and oxygen atoms in total.